The quantitative estimate of drug-likeness (QED) is 0.164. The van der Waals surface area contributed by atoms with Crippen molar-refractivity contribution in [2.24, 2.45) is 35.5 Å². The van der Waals surface area contributed by atoms with Gasteiger partial charge in [0.15, 0.2) is 5.78 Å². The van der Waals surface area contributed by atoms with E-state index < -0.39 is 72.0 Å². The minimum Gasteiger partial charge on any atom is -0.461 e. The molecule has 1 aromatic rings. The van der Waals surface area contributed by atoms with Crippen LogP contribution in [0, 0.1) is 35.5 Å². The van der Waals surface area contributed by atoms with Gasteiger partial charge in [0.1, 0.15) is 30.7 Å². The van der Waals surface area contributed by atoms with Crippen LogP contribution in [-0.2, 0) is 38.1 Å². The molecule has 4 heterocycles. The van der Waals surface area contributed by atoms with E-state index in [1.165, 1.54) is 18.3 Å². The number of rotatable bonds is 6. The summed E-state index contributed by atoms with van der Waals surface area (Å²) in [5.41, 5.74) is 1.48. The molecule has 16 nitrogen and oxygen atoms in total. The summed E-state index contributed by atoms with van der Waals surface area (Å²) in [7, 11) is 3.04. The van der Waals surface area contributed by atoms with Gasteiger partial charge in [0.2, 0.25) is 5.79 Å². The SMILES string of the molecule is CO[C@@H]1C[C@@H](C[C@@H](C)[C@@H]2CC[C@H](C)/C=C(\C)[C@@H](O)[C@@H](OC)C(=O)[C@H](C)C[C@H](C)/C=C/C=C/C=C(\C)[C@@H](n3cnnn3)C[C@@H]3CC[C@@H](C)[C@@](O)(O3)C(=O)C(=O)N3CCCC[C@H]3C(=O)O2)CC[C@H]1O. The molecule has 0 aromatic carbocycles. The summed E-state index contributed by atoms with van der Waals surface area (Å²) in [4.78, 5) is 58.2. The van der Waals surface area contributed by atoms with Gasteiger partial charge in [-0.2, -0.15) is 0 Å². The maximum Gasteiger partial charge on any atom is 0.329 e. The molecule has 3 fully saturated rings. The first kappa shape index (κ1) is 54.0. The van der Waals surface area contributed by atoms with Crippen LogP contribution < -0.4 is 0 Å². The number of carbonyl (C=O) groups is 4. The van der Waals surface area contributed by atoms with Crippen molar-refractivity contribution in [1.29, 1.82) is 0 Å². The van der Waals surface area contributed by atoms with Crippen LogP contribution in [-0.4, -0.2) is 133 Å². The molecular weight excluding hydrogens is 859 g/mol. The monoisotopic (exact) mass is 938 g/mol. The van der Waals surface area contributed by atoms with Crippen molar-refractivity contribution in [2.75, 3.05) is 20.8 Å². The van der Waals surface area contributed by atoms with E-state index >= 15 is 0 Å². The van der Waals surface area contributed by atoms with Crippen molar-refractivity contribution in [3.05, 3.63) is 53.9 Å². The molecule has 5 rings (SSSR count). The van der Waals surface area contributed by atoms with Gasteiger partial charge < -0.3 is 39.2 Å². The van der Waals surface area contributed by atoms with Crippen molar-refractivity contribution >= 4 is 23.4 Å². The molecule has 16 heteroatoms. The van der Waals surface area contributed by atoms with E-state index in [1.54, 1.807) is 25.6 Å². The molecule has 1 aliphatic carbocycles. The number of aliphatic hydroxyl groups excluding tert-OH is 2. The van der Waals surface area contributed by atoms with Gasteiger partial charge in [0.05, 0.1) is 24.4 Å². The molecule has 67 heavy (non-hydrogen) atoms. The molecule has 3 N–H and O–H groups in total. The summed E-state index contributed by atoms with van der Waals surface area (Å²) in [6, 6.07) is -1.45. The van der Waals surface area contributed by atoms with E-state index in [1.807, 2.05) is 64.2 Å². The molecular formula is C51H79N5O11. The number of piperidine rings is 1. The number of cyclic esters (lactones) is 1. The Kier molecular flexibility index (Phi) is 20.2. The lowest BCUT2D eigenvalue weighted by Crippen LogP contribution is -2.60. The Morgan fingerprint density at radius 2 is 1.61 bits per heavy atom. The summed E-state index contributed by atoms with van der Waals surface area (Å²) in [5, 5.41) is 45.9. The van der Waals surface area contributed by atoms with Crippen molar-refractivity contribution in [2.45, 2.75) is 186 Å². The van der Waals surface area contributed by atoms with Gasteiger partial charge in [0, 0.05) is 39.0 Å². The molecule has 4 aliphatic rings. The Morgan fingerprint density at radius 3 is 2.31 bits per heavy atom. The highest BCUT2D eigenvalue weighted by Crippen LogP contribution is 2.39. The maximum absolute atomic E-state index is 14.4. The zero-order valence-corrected chi connectivity index (χ0v) is 41.4. The van der Waals surface area contributed by atoms with Crippen LogP contribution in [0.2, 0.25) is 0 Å². The molecule has 1 aromatic heterocycles. The lowest BCUT2D eigenvalue weighted by atomic mass is 9.78. The first-order valence-electron chi connectivity index (χ1n) is 24.7. The molecule has 0 spiro atoms. The average Bonchev–Trinajstić information content (AvgIpc) is 3.85. The number of hydrogen-bond acceptors (Lipinski definition) is 14. The topological polar surface area (TPSA) is 213 Å². The number of nitrogens with zero attached hydrogens (tertiary/aromatic N) is 5. The second-order valence-electron chi connectivity index (χ2n) is 20.3. The Labute approximate surface area is 397 Å². The highest BCUT2D eigenvalue weighted by atomic mass is 16.6. The van der Waals surface area contributed by atoms with E-state index in [0.29, 0.717) is 82.6 Å². The zero-order chi connectivity index (χ0) is 49.0. The highest BCUT2D eigenvalue weighted by molar-refractivity contribution is 6.39. The second-order valence-corrected chi connectivity index (χ2v) is 20.3. The third-order valence-electron chi connectivity index (χ3n) is 14.9. The minimum absolute atomic E-state index is 0.0421. The fourth-order valence-corrected chi connectivity index (χ4v) is 10.7. The number of esters is 1. The lowest BCUT2D eigenvalue weighted by Gasteiger charge is -2.43. The van der Waals surface area contributed by atoms with Crippen molar-refractivity contribution in [3.8, 4) is 0 Å². The number of amides is 1. The summed E-state index contributed by atoms with van der Waals surface area (Å²) in [5.74, 6) is -6.32. The summed E-state index contributed by atoms with van der Waals surface area (Å²) in [6.45, 7) is 13.5. The number of aliphatic hydroxyl groups is 3. The molecule has 15 atom stereocenters. The number of hydrogen-bond donors (Lipinski definition) is 3. The number of ketones is 2. The smallest absolute Gasteiger partial charge is 0.329 e. The van der Waals surface area contributed by atoms with Gasteiger partial charge >= 0.3 is 5.97 Å². The Hall–Kier alpha value is -3.93. The van der Waals surface area contributed by atoms with Crippen LogP contribution in [0.1, 0.15) is 138 Å². The second kappa shape index (κ2) is 25.1. The molecule has 374 valence electrons. The first-order valence-corrected chi connectivity index (χ1v) is 24.7. The van der Waals surface area contributed by atoms with E-state index in [9.17, 15) is 34.5 Å². The number of fused-ring (bicyclic) bond motifs is 3. The Morgan fingerprint density at radius 1 is 0.851 bits per heavy atom. The Balaban J connectivity index is 1.47. The standard InChI is InChI=1S/C51H79N5O11/c1-31-15-11-10-12-16-33(3)41(56-30-52-53-54-56)29-39-21-19-37(7)51(63,67-39)48(60)49(61)55-24-14-13-17-40(55)50(62)66-43(34(4)27-38-20-22-42(57)44(28-38)64-8)23-18-32(2)26-36(6)46(59)47(65-9)45(58)35(5)25-31/h10-12,15-16,26,30-32,34-35,37-44,46-47,57,59,63H,13-14,17-25,27-29H2,1-9H3/b12-10+,15-11+,33-16+,36-26+/t31-,32+,34-,35-,37-,38-,39+,40+,41+,42-,43+,44-,46-,47+,51-/m1/s1. The van der Waals surface area contributed by atoms with Gasteiger partial charge in [-0.25, -0.2) is 9.48 Å². The average molecular weight is 938 g/mol. The highest BCUT2D eigenvalue weighted by Gasteiger charge is 2.53. The van der Waals surface area contributed by atoms with Gasteiger partial charge in [-0.3, -0.25) is 14.4 Å². The summed E-state index contributed by atoms with van der Waals surface area (Å²) in [6.07, 6.45) is 16.0. The third kappa shape index (κ3) is 14.1. The molecule has 2 saturated heterocycles. The van der Waals surface area contributed by atoms with Gasteiger partial charge in [-0.1, -0.05) is 71.1 Å². The van der Waals surface area contributed by atoms with E-state index in [-0.39, 0.29) is 48.0 Å². The molecule has 0 unspecified atom stereocenters. The third-order valence-corrected chi connectivity index (χ3v) is 14.9. The van der Waals surface area contributed by atoms with Crippen molar-refractivity contribution in [1.82, 2.24) is 25.1 Å². The number of ether oxygens (including phenoxy) is 4. The molecule has 2 bridgehead atoms. The fraction of sp³-hybridized carbons (Fsp3) is 0.745. The van der Waals surface area contributed by atoms with Crippen LogP contribution in [0.25, 0.3) is 0 Å². The zero-order valence-electron chi connectivity index (χ0n) is 41.4. The van der Waals surface area contributed by atoms with Crippen LogP contribution in [0.4, 0.5) is 0 Å². The van der Waals surface area contributed by atoms with E-state index in [2.05, 4.69) is 22.4 Å². The largest absolute Gasteiger partial charge is 0.461 e. The summed E-state index contributed by atoms with van der Waals surface area (Å²) < 4.78 is 25.5. The van der Waals surface area contributed by atoms with Crippen LogP contribution in [0.5, 0.6) is 0 Å². The number of methoxy groups -OCH3 is 2. The summed E-state index contributed by atoms with van der Waals surface area (Å²) >= 11 is 0. The normalized spacial score (nSPS) is 39.5. The van der Waals surface area contributed by atoms with Crippen LogP contribution in [0.15, 0.2) is 53.9 Å². The van der Waals surface area contributed by atoms with Crippen molar-refractivity contribution in [3.63, 3.8) is 0 Å². The van der Waals surface area contributed by atoms with E-state index in [0.717, 1.165) is 12.0 Å². The number of tetrazole rings is 1. The van der Waals surface area contributed by atoms with E-state index in [4.69, 9.17) is 18.9 Å². The van der Waals surface area contributed by atoms with Crippen molar-refractivity contribution < 1.29 is 53.4 Å². The lowest BCUT2D eigenvalue weighted by molar-refractivity contribution is -0.264. The Bertz CT molecular complexity index is 1920. The number of allylic oxidation sites excluding steroid dienone is 7. The minimum atomic E-state index is -2.43. The van der Waals surface area contributed by atoms with Gasteiger partial charge in [-0.15, -0.1) is 5.10 Å². The number of aromatic nitrogens is 4. The molecule has 1 saturated carbocycles. The predicted molar refractivity (Wildman–Crippen MR) is 251 cm³/mol. The maximum atomic E-state index is 14.4. The van der Waals surface area contributed by atoms with Gasteiger partial charge in [-0.05, 0) is 136 Å². The molecule has 3 aliphatic heterocycles. The number of carbonyl (C=O) groups excluding carboxylic acids is 4. The van der Waals surface area contributed by atoms with Gasteiger partial charge in [0.25, 0.3) is 11.7 Å². The molecule has 0 radical (unpaired) electrons. The fourth-order valence-electron chi connectivity index (χ4n) is 10.7. The molecule has 1 amide bonds. The number of Topliss-reactive ketones (excluding diaryl/α,β-unsaturated/α-hetero) is 2. The van der Waals surface area contributed by atoms with Crippen LogP contribution >= 0.6 is 0 Å². The van der Waals surface area contributed by atoms with Crippen LogP contribution in [0.3, 0.4) is 0 Å². The predicted octanol–water partition coefficient (Wildman–Crippen LogP) is 6.21. The first-order chi connectivity index (χ1) is 31.9.